The molecule has 1 aliphatic heterocycles. The molecule has 2 heterocycles. The molecule has 1 amide bonds. The third kappa shape index (κ3) is 4.88. The van der Waals surface area contributed by atoms with Crippen molar-refractivity contribution in [3.8, 4) is 34.3 Å². The molecule has 0 fully saturated rings. The van der Waals surface area contributed by atoms with Gasteiger partial charge in [0.05, 0.1) is 20.3 Å². The minimum absolute atomic E-state index is 0.147. The van der Waals surface area contributed by atoms with Gasteiger partial charge in [0.25, 0.3) is 5.91 Å². The van der Waals surface area contributed by atoms with E-state index in [1.807, 2.05) is 73.3 Å². The lowest BCUT2D eigenvalue weighted by molar-refractivity contribution is 0.0745. The van der Waals surface area contributed by atoms with Crippen molar-refractivity contribution in [3.05, 3.63) is 101 Å². The van der Waals surface area contributed by atoms with Crippen LogP contribution in [0, 0.1) is 13.8 Å². The molecule has 8 nitrogen and oxygen atoms in total. The molecule has 40 heavy (non-hydrogen) atoms. The summed E-state index contributed by atoms with van der Waals surface area (Å²) in [4.78, 5) is 15.7. The van der Waals surface area contributed by atoms with Crippen LogP contribution >= 0.6 is 0 Å². The number of phenols is 1. The van der Waals surface area contributed by atoms with Crippen LogP contribution in [0.3, 0.4) is 0 Å². The molecular formula is C32H33N3O5. The fourth-order valence-corrected chi connectivity index (χ4v) is 5.28. The van der Waals surface area contributed by atoms with Gasteiger partial charge in [-0.25, -0.2) is 0 Å². The molecule has 0 spiro atoms. The van der Waals surface area contributed by atoms with Crippen LogP contribution < -0.4 is 14.2 Å². The van der Waals surface area contributed by atoms with Gasteiger partial charge in [0, 0.05) is 17.7 Å². The summed E-state index contributed by atoms with van der Waals surface area (Å²) in [6.45, 7) is 8.35. The number of hydrogen-bond acceptors (Lipinski definition) is 6. The number of methoxy groups -OCH3 is 2. The number of benzene rings is 3. The second-order valence-electron chi connectivity index (χ2n) is 9.85. The Morgan fingerprint density at radius 1 is 1.05 bits per heavy atom. The normalized spacial score (nSPS) is 14.2. The first-order valence-electron chi connectivity index (χ1n) is 13.1. The van der Waals surface area contributed by atoms with Crippen molar-refractivity contribution in [1.82, 2.24) is 15.1 Å². The number of hydrogen-bond donors (Lipinski definition) is 2. The summed E-state index contributed by atoms with van der Waals surface area (Å²) in [7, 11) is 3.22. The lowest BCUT2D eigenvalue weighted by Crippen LogP contribution is -2.31. The number of H-pyrrole nitrogens is 1. The van der Waals surface area contributed by atoms with Crippen LogP contribution in [0.25, 0.3) is 11.3 Å². The Morgan fingerprint density at radius 3 is 2.52 bits per heavy atom. The van der Waals surface area contributed by atoms with Gasteiger partial charge in [-0.15, -0.1) is 0 Å². The molecule has 0 saturated carbocycles. The Hall–Kier alpha value is -4.72. The number of aromatic hydroxyl groups is 1. The number of aromatic amines is 1. The van der Waals surface area contributed by atoms with E-state index < -0.39 is 6.04 Å². The van der Waals surface area contributed by atoms with Gasteiger partial charge in [-0.3, -0.25) is 9.89 Å². The largest absolute Gasteiger partial charge is 0.507 e. The molecule has 0 radical (unpaired) electrons. The highest BCUT2D eigenvalue weighted by atomic mass is 16.5. The second-order valence-corrected chi connectivity index (χ2v) is 9.85. The highest BCUT2D eigenvalue weighted by molar-refractivity contribution is 6.00. The predicted molar refractivity (Wildman–Crippen MR) is 153 cm³/mol. The van der Waals surface area contributed by atoms with E-state index in [4.69, 9.17) is 14.2 Å². The van der Waals surface area contributed by atoms with Crippen LogP contribution in [0.4, 0.5) is 0 Å². The smallest absolute Gasteiger partial charge is 0.273 e. The maximum absolute atomic E-state index is 13.8. The maximum atomic E-state index is 13.8. The van der Waals surface area contributed by atoms with Crippen LogP contribution in [0.5, 0.6) is 23.0 Å². The minimum Gasteiger partial charge on any atom is -0.507 e. The highest BCUT2D eigenvalue weighted by Gasteiger charge is 2.42. The Bertz CT molecular complexity index is 1560. The molecule has 0 aliphatic carbocycles. The summed E-state index contributed by atoms with van der Waals surface area (Å²) in [6, 6.07) is 16.9. The Balaban J connectivity index is 1.60. The Kier molecular flexibility index (Phi) is 7.51. The van der Waals surface area contributed by atoms with Crippen molar-refractivity contribution >= 4 is 5.91 Å². The standard InChI is InChI=1S/C32H33N3O5/c1-6-15-40-25-12-9-22(18-26(25)39-5)30-27-28(24-17-19(2)16-20(3)31(24)36)33-34-29(27)32(37)35(30)14-13-21-7-10-23(38-4)11-8-21/h6-12,16-18,30,36H,1,13-15H2,2-5H3,(H,33,34). The first-order valence-corrected chi connectivity index (χ1v) is 13.1. The van der Waals surface area contributed by atoms with Gasteiger partial charge >= 0.3 is 0 Å². The maximum Gasteiger partial charge on any atom is 0.273 e. The topological polar surface area (TPSA) is 96.9 Å². The number of aromatic nitrogens is 2. The first kappa shape index (κ1) is 26.9. The van der Waals surface area contributed by atoms with E-state index in [1.165, 1.54) is 0 Å². The minimum atomic E-state index is -0.461. The number of ether oxygens (including phenoxy) is 3. The number of nitrogens with zero attached hydrogens (tertiary/aromatic N) is 2. The summed E-state index contributed by atoms with van der Waals surface area (Å²) < 4.78 is 16.7. The van der Waals surface area contributed by atoms with E-state index in [9.17, 15) is 9.90 Å². The van der Waals surface area contributed by atoms with E-state index in [2.05, 4.69) is 16.8 Å². The monoisotopic (exact) mass is 539 g/mol. The van der Waals surface area contributed by atoms with Gasteiger partial charge in [-0.1, -0.05) is 36.9 Å². The lowest BCUT2D eigenvalue weighted by Gasteiger charge is -2.27. The van der Waals surface area contributed by atoms with Crippen molar-refractivity contribution in [3.63, 3.8) is 0 Å². The number of nitrogens with one attached hydrogen (secondary N) is 1. The molecule has 0 saturated heterocycles. The van der Waals surface area contributed by atoms with Crippen molar-refractivity contribution in [2.24, 2.45) is 0 Å². The average Bonchev–Trinajstić information content (AvgIpc) is 3.51. The molecule has 1 aliphatic rings. The van der Waals surface area contributed by atoms with Crippen LogP contribution in [0.2, 0.25) is 0 Å². The van der Waals surface area contributed by atoms with Crippen molar-refractivity contribution in [1.29, 1.82) is 0 Å². The van der Waals surface area contributed by atoms with Gasteiger partial charge in [0.15, 0.2) is 11.5 Å². The Morgan fingerprint density at radius 2 is 1.82 bits per heavy atom. The van der Waals surface area contributed by atoms with Crippen LogP contribution in [0.15, 0.2) is 67.3 Å². The lowest BCUT2D eigenvalue weighted by atomic mass is 9.93. The number of phenolic OH excluding ortho intramolecular Hbond substituents is 1. The molecule has 4 aromatic rings. The van der Waals surface area contributed by atoms with Crippen molar-refractivity contribution < 1.29 is 24.1 Å². The van der Waals surface area contributed by atoms with Crippen LogP contribution in [-0.4, -0.2) is 53.5 Å². The summed E-state index contributed by atoms with van der Waals surface area (Å²) >= 11 is 0. The SMILES string of the molecule is C=CCOc1ccc(C2c3c(-c4cc(C)cc(C)c4O)n[nH]c3C(=O)N2CCc2ccc(OC)cc2)cc1OC. The fraction of sp³-hybridized carbons (Fsp3) is 0.250. The number of aryl methyl sites for hydroxylation is 2. The van der Waals surface area contributed by atoms with Gasteiger partial charge in [0.1, 0.15) is 29.5 Å². The molecule has 206 valence electrons. The molecule has 1 unspecified atom stereocenters. The molecule has 5 rings (SSSR count). The molecule has 8 heteroatoms. The summed E-state index contributed by atoms with van der Waals surface area (Å²) in [6.07, 6.45) is 2.32. The highest BCUT2D eigenvalue weighted by Crippen LogP contribution is 2.46. The van der Waals surface area contributed by atoms with E-state index in [-0.39, 0.29) is 11.7 Å². The Labute approximate surface area is 233 Å². The summed E-state index contributed by atoms with van der Waals surface area (Å²) in [5, 5.41) is 18.5. The van der Waals surface area contributed by atoms with E-state index >= 15 is 0 Å². The predicted octanol–water partition coefficient (Wildman–Crippen LogP) is 5.77. The van der Waals surface area contributed by atoms with Gasteiger partial charge < -0.3 is 24.2 Å². The average molecular weight is 540 g/mol. The first-order chi connectivity index (χ1) is 19.4. The van der Waals surface area contributed by atoms with Crippen molar-refractivity contribution in [2.45, 2.75) is 26.3 Å². The zero-order valence-corrected chi connectivity index (χ0v) is 23.2. The summed E-state index contributed by atoms with van der Waals surface area (Å²) in [5.74, 6) is 1.91. The molecule has 1 atom stereocenters. The third-order valence-corrected chi connectivity index (χ3v) is 7.22. The van der Waals surface area contributed by atoms with E-state index in [0.29, 0.717) is 48.0 Å². The van der Waals surface area contributed by atoms with Crippen molar-refractivity contribution in [2.75, 3.05) is 27.4 Å². The molecular weight excluding hydrogens is 506 g/mol. The van der Waals surface area contributed by atoms with E-state index in [0.717, 1.165) is 33.6 Å². The number of fused-ring (bicyclic) bond motifs is 1. The van der Waals surface area contributed by atoms with Crippen LogP contribution in [-0.2, 0) is 6.42 Å². The zero-order valence-electron chi connectivity index (χ0n) is 23.2. The number of amides is 1. The quantitative estimate of drug-likeness (QED) is 0.249. The molecule has 0 bridgehead atoms. The second kappa shape index (κ2) is 11.2. The number of carbonyl (C=O) groups excluding carboxylic acids is 1. The third-order valence-electron chi connectivity index (χ3n) is 7.22. The van der Waals surface area contributed by atoms with Gasteiger partial charge in [-0.05, 0) is 72.9 Å². The fourth-order valence-electron chi connectivity index (χ4n) is 5.28. The van der Waals surface area contributed by atoms with Crippen LogP contribution in [0.1, 0.15) is 44.3 Å². The number of carbonyl (C=O) groups is 1. The number of rotatable bonds is 10. The van der Waals surface area contributed by atoms with Gasteiger partial charge in [0.2, 0.25) is 0 Å². The van der Waals surface area contributed by atoms with Gasteiger partial charge in [-0.2, -0.15) is 5.10 Å². The van der Waals surface area contributed by atoms with E-state index in [1.54, 1.807) is 20.3 Å². The summed E-state index contributed by atoms with van der Waals surface area (Å²) in [5.41, 5.74) is 5.94. The molecule has 3 aromatic carbocycles. The molecule has 2 N–H and O–H groups in total. The zero-order chi connectivity index (χ0) is 28.4. The molecule has 1 aromatic heterocycles.